The second-order valence-electron chi connectivity index (χ2n) is 6.04. The van der Waals surface area contributed by atoms with Gasteiger partial charge >= 0.3 is 0 Å². The van der Waals surface area contributed by atoms with Crippen LogP contribution in [0.3, 0.4) is 0 Å². The summed E-state index contributed by atoms with van der Waals surface area (Å²) in [4.78, 5) is 1.24. The highest BCUT2D eigenvalue weighted by atomic mass is 32.2. The molecule has 1 aromatic heterocycles. The van der Waals surface area contributed by atoms with E-state index < -0.39 is 0 Å². The van der Waals surface area contributed by atoms with Gasteiger partial charge in [0.15, 0.2) is 0 Å². The molecule has 3 nitrogen and oxygen atoms in total. The average Bonchev–Trinajstić information content (AvgIpc) is 2.73. The number of nitriles is 1. The summed E-state index contributed by atoms with van der Waals surface area (Å²) in [6.07, 6.45) is 0. The van der Waals surface area contributed by atoms with Gasteiger partial charge in [0.1, 0.15) is 12.5 Å². The van der Waals surface area contributed by atoms with Crippen molar-refractivity contribution in [3.63, 3.8) is 0 Å². The Morgan fingerprint density at radius 3 is 2.89 bits per heavy atom. The summed E-state index contributed by atoms with van der Waals surface area (Å²) in [5.74, 6) is 0.923. The fourth-order valence-electron chi connectivity index (χ4n) is 3.09. The van der Waals surface area contributed by atoms with Crippen LogP contribution in [-0.4, -0.2) is 12.6 Å². The quantitative estimate of drug-likeness (QED) is 0.767. The number of rotatable bonds is 0. The van der Waals surface area contributed by atoms with Crippen molar-refractivity contribution >= 4 is 28.1 Å². The van der Waals surface area contributed by atoms with Crippen molar-refractivity contribution in [1.82, 2.24) is 5.31 Å². The molecule has 2 atom stereocenters. The van der Waals surface area contributed by atoms with Crippen LogP contribution in [0.15, 0.2) is 0 Å². The van der Waals surface area contributed by atoms with E-state index in [4.69, 9.17) is 7.15 Å². The highest BCUT2D eigenvalue weighted by Gasteiger charge is 2.58. The fourth-order valence-corrected chi connectivity index (χ4v) is 6.12. The van der Waals surface area contributed by atoms with E-state index in [9.17, 15) is 5.26 Å². The van der Waals surface area contributed by atoms with Gasteiger partial charge < -0.3 is 11.0 Å². The summed E-state index contributed by atoms with van der Waals surface area (Å²) in [5, 5.41) is 11.7. The summed E-state index contributed by atoms with van der Waals surface area (Å²) in [7, 11) is 0. The van der Waals surface area contributed by atoms with E-state index in [1.807, 2.05) is 11.8 Å². The molecule has 2 unspecified atom stereocenters. The Kier molecular flexibility index (Phi) is 2.27. The molecular formula is C13H17N3S2. The van der Waals surface area contributed by atoms with Gasteiger partial charge in [-0.25, -0.2) is 0 Å². The Balaban J connectivity index is 2.14. The number of fused-ring (bicyclic) bond motifs is 2. The minimum atomic E-state index is -0.103. The zero-order valence-corrected chi connectivity index (χ0v) is 12.4. The van der Waals surface area contributed by atoms with Crippen LogP contribution in [0.1, 0.15) is 36.8 Å². The first-order valence-corrected chi connectivity index (χ1v) is 7.82. The highest BCUT2D eigenvalue weighted by molar-refractivity contribution is 8.00. The van der Waals surface area contributed by atoms with Crippen LogP contribution >= 0.6 is 23.1 Å². The van der Waals surface area contributed by atoms with Crippen LogP contribution in [0, 0.1) is 16.7 Å². The molecule has 0 bridgehead atoms. The summed E-state index contributed by atoms with van der Waals surface area (Å²) in [6, 6.07) is 2.41. The Hall–Kier alpha value is -0.700. The molecule has 3 N–H and O–H groups in total. The average molecular weight is 280 g/mol. The van der Waals surface area contributed by atoms with E-state index in [1.54, 1.807) is 16.6 Å². The lowest BCUT2D eigenvalue weighted by Crippen LogP contribution is -2.67. The van der Waals surface area contributed by atoms with Crippen molar-refractivity contribution in [2.45, 2.75) is 37.3 Å². The van der Waals surface area contributed by atoms with Crippen molar-refractivity contribution in [1.29, 1.82) is 5.26 Å². The number of nitrogens with one attached hydrogen (secondary N) is 1. The maximum Gasteiger partial charge on any atom is 0.123 e. The third-order valence-corrected chi connectivity index (χ3v) is 6.48. The summed E-state index contributed by atoms with van der Waals surface area (Å²) < 4.78 is 8.00. The molecule has 0 amide bonds. The van der Waals surface area contributed by atoms with E-state index in [2.05, 4.69) is 26.8 Å². The Bertz CT molecular complexity index is 584. The molecule has 96 valence electrons. The van der Waals surface area contributed by atoms with Crippen molar-refractivity contribution in [2.24, 2.45) is 5.41 Å². The minimum Gasteiger partial charge on any atom is -0.389 e. The number of nitrogens with zero attached hydrogens (tertiary/aromatic N) is 1. The number of nitrogen functional groups attached to an aromatic ring is 1. The molecule has 0 radical (unpaired) electrons. The number of thioether (sulfide) groups is 1. The van der Waals surface area contributed by atoms with Gasteiger partial charge in [0, 0.05) is 28.8 Å². The van der Waals surface area contributed by atoms with Crippen LogP contribution in [0.2, 0.25) is 1.41 Å². The van der Waals surface area contributed by atoms with Crippen molar-refractivity contribution in [3.05, 3.63) is 16.0 Å². The molecule has 0 aromatic carbocycles. The van der Waals surface area contributed by atoms with Gasteiger partial charge in [0.25, 0.3) is 0 Å². The van der Waals surface area contributed by atoms with E-state index >= 15 is 0 Å². The predicted molar refractivity (Wildman–Crippen MR) is 77.7 cm³/mol. The molecule has 18 heavy (non-hydrogen) atoms. The maximum atomic E-state index is 9.39. The molecular weight excluding hydrogens is 262 g/mol. The van der Waals surface area contributed by atoms with Gasteiger partial charge in [0.05, 0.1) is 10.3 Å². The molecule has 2 aliphatic heterocycles. The van der Waals surface area contributed by atoms with Crippen molar-refractivity contribution < 1.29 is 1.41 Å². The van der Waals surface area contributed by atoms with Crippen LogP contribution < -0.4 is 11.0 Å². The molecule has 3 heterocycles. The molecule has 2 aliphatic rings. The normalized spacial score (nSPS) is 31.9. The SMILES string of the molecule is [2H]N1CC2(SCc3sc(N)c(C#N)c32)C1C(C)(C)C. The maximum absolute atomic E-state index is 9.39. The largest absolute Gasteiger partial charge is 0.389 e. The standard InChI is InChI=1S/C13H17N3S2/c1-12(2,3)11-13(6-16-11)9-7(4-14)10(15)18-8(9)5-17-13/h11,16H,5-6,15H2,1-3H3/i/hD. The lowest BCUT2D eigenvalue weighted by molar-refractivity contribution is 0.139. The molecule has 3 rings (SSSR count). The van der Waals surface area contributed by atoms with E-state index in [0.717, 1.165) is 11.3 Å². The summed E-state index contributed by atoms with van der Waals surface area (Å²) in [6.45, 7) is 7.19. The van der Waals surface area contributed by atoms with Crippen LogP contribution in [0.5, 0.6) is 0 Å². The number of hydrogen-bond donors (Lipinski definition) is 2. The van der Waals surface area contributed by atoms with Gasteiger partial charge in [-0.1, -0.05) is 20.8 Å². The number of thiophene rings is 1. The number of nitrogens with two attached hydrogens (primary N) is 1. The Labute approximate surface area is 117 Å². The number of anilines is 1. The monoisotopic (exact) mass is 280 g/mol. The van der Waals surface area contributed by atoms with Gasteiger partial charge in [-0.2, -0.15) is 5.26 Å². The summed E-state index contributed by atoms with van der Waals surface area (Å²) in [5.41, 5.74) is 7.78. The topological polar surface area (TPSA) is 61.8 Å². The van der Waals surface area contributed by atoms with Gasteiger partial charge in [-0.15, -0.1) is 23.1 Å². The molecule has 1 fully saturated rings. The van der Waals surface area contributed by atoms with Gasteiger partial charge in [0.2, 0.25) is 0 Å². The van der Waals surface area contributed by atoms with Crippen LogP contribution in [0.25, 0.3) is 0 Å². The molecule has 1 aromatic rings. The molecule has 0 aliphatic carbocycles. The van der Waals surface area contributed by atoms with Crippen LogP contribution in [-0.2, 0) is 10.5 Å². The first-order valence-electron chi connectivity index (χ1n) is 6.47. The lowest BCUT2D eigenvalue weighted by atomic mass is 9.70. The summed E-state index contributed by atoms with van der Waals surface area (Å²) >= 11 is 3.43. The Morgan fingerprint density at radius 2 is 2.33 bits per heavy atom. The van der Waals surface area contributed by atoms with Gasteiger partial charge in [-0.3, -0.25) is 0 Å². The smallest absolute Gasteiger partial charge is 0.123 e. The fraction of sp³-hybridized carbons (Fsp3) is 0.615. The van der Waals surface area contributed by atoms with Crippen molar-refractivity contribution in [3.8, 4) is 6.07 Å². The molecule has 0 saturated carbocycles. The zero-order chi connectivity index (χ0) is 14.0. The zero-order valence-electron chi connectivity index (χ0n) is 11.8. The third-order valence-electron chi connectivity index (χ3n) is 3.77. The lowest BCUT2D eigenvalue weighted by Gasteiger charge is -2.54. The van der Waals surface area contributed by atoms with Crippen molar-refractivity contribution in [2.75, 3.05) is 12.3 Å². The first kappa shape index (κ1) is 11.2. The number of hydrogen-bond acceptors (Lipinski definition) is 5. The first-order chi connectivity index (χ1) is 8.81. The third kappa shape index (κ3) is 1.40. The second-order valence-corrected chi connectivity index (χ2v) is 8.48. The predicted octanol–water partition coefficient (Wildman–Crippen LogP) is 2.66. The molecule has 1 saturated heterocycles. The minimum absolute atomic E-state index is 0.0119. The Morgan fingerprint density at radius 1 is 1.61 bits per heavy atom. The van der Waals surface area contributed by atoms with E-state index in [1.165, 1.54) is 4.88 Å². The van der Waals surface area contributed by atoms with E-state index in [-0.39, 0.29) is 16.2 Å². The highest BCUT2D eigenvalue weighted by Crippen LogP contribution is 2.60. The molecule has 5 heteroatoms. The van der Waals surface area contributed by atoms with Crippen LogP contribution in [0.4, 0.5) is 5.00 Å². The van der Waals surface area contributed by atoms with E-state index in [0.29, 0.717) is 17.1 Å². The second kappa shape index (κ2) is 3.66. The van der Waals surface area contributed by atoms with Gasteiger partial charge in [-0.05, 0) is 5.41 Å². The molecule has 1 spiro atoms.